The van der Waals surface area contributed by atoms with Gasteiger partial charge in [-0.3, -0.25) is 0 Å². The van der Waals surface area contributed by atoms with E-state index in [4.69, 9.17) is 23.2 Å². The molecule has 0 bridgehead atoms. The van der Waals surface area contributed by atoms with Gasteiger partial charge in [-0.2, -0.15) is 0 Å². The molecule has 0 spiro atoms. The Morgan fingerprint density at radius 1 is 1.44 bits per heavy atom. The molecule has 88 valence electrons. The van der Waals surface area contributed by atoms with Gasteiger partial charge in [0, 0.05) is 6.42 Å². The SMILES string of the molecule is CCOC(=O)C(O)Cc1ccc(Cl)c(Cl)c1. The fourth-order valence-corrected chi connectivity index (χ4v) is 1.53. The summed E-state index contributed by atoms with van der Waals surface area (Å²) in [5.74, 6) is -0.631. The number of aliphatic hydroxyl groups excluding tert-OH is 1. The van der Waals surface area contributed by atoms with Gasteiger partial charge in [0.25, 0.3) is 0 Å². The fraction of sp³-hybridized carbons (Fsp3) is 0.364. The van der Waals surface area contributed by atoms with Crippen LogP contribution in [-0.4, -0.2) is 23.8 Å². The van der Waals surface area contributed by atoms with Crippen LogP contribution in [0.1, 0.15) is 12.5 Å². The van der Waals surface area contributed by atoms with Crippen molar-refractivity contribution < 1.29 is 14.6 Å². The van der Waals surface area contributed by atoms with Gasteiger partial charge in [0.1, 0.15) is 0 Å². The molecule has 1 rings (SSSR count). The summed E-state index contributed by atoms with van der Waals surface area (Å²) in [4.78, 5) is 11.2. The Balaban J connectivity index is 2.66. The number of esters is 1. The molecule has 0 aliphatic heterocycles. The molecule has 0 saturated carbocycles. The number of benzene rings is 1. The largest absolute Gasteiger partial charge is 0.464 e. The number of hydrogen-bond acceptors (Lipinski definition) is 3. The van der Waals surface area contributed by atoms with E-state index in [1.807, 2.05) is 0 Å². The van der Waals surface area contributed by atoms with E-state index in [1.165, 1.54) is 0 Å². The van der Waals surface area contributed by atoms with Crippen molar-refractivity contribution in [3.8, 4) is 0 Å². The van der Waals surface area contributed by atoms with Crippen LogP contribution < -0.4 is 0 Å². The number of rotatable bonds is 4. The first kappa shape index (κ1) is 13.3. The molecule has 0 aliphatic rings. The van der Waals surface area contributed by atoms with Crippen molar-refractivity contribution in [2.75, 3.05) is 6.61 Å². The van der Waals surface area contributed by atoms with E-state index >= 15 is 0 Å². The van der Waals surface area contributed by atoms with Gasteiger partial charge in [-0.25, -0.2) is 4.79 Å². The van der Waals surface area contributed by atoms with Crippen molar-refractivity contribution in [2.24, 2.45) is 0 Å². The van der Waals surface area contributed by atoms with E-state index in [-0.39, 0.29) is 13.0 Å². The van der Waals surface area contributed by atoms with Crippen molar-refractivity contribution >= 4 is 29.2 Å². The van der Waals surface area contributed by atoms with Crippen LogP contribution in [0.15, 0.2) is 18.2 Å². The van der Waals surface area contributed by atoms with Gasteiger partial charge in [0.2, 0.25) is 0 Å². The van der Waals surface area contributed by atoms with Crippen molar-refractivity contribution in [1.29, 1.82) is 0 Å². The lowest BCUT2D eigenvalue weighted by molar-refractivity contribution is -0.152. The van der Waals surface area contributed by atoms with Gasteiger partial charge in [0.15, 0.2) is 6.10 Å². The third-order valence-electron chi connectivity index (χ3n) is 1.97. The Labute approximate surface area is 104 Å². The zero-order valence-corrected chi connectivity index (χ0v) is 10.3. The molecule has 5 heteroatoms. The second-order valence-electron chi connectivity index (χ2n) is 3.22. The van der Waals surface area contributed by atoms with Crippen LogP contribution in [-0.2, 0) is 16.0 Å². The Morgan fingerprint density at radius 2 is 2.12 bits per heavy atom. The standard InChI is InChI=1S/C11H12Cl2O3/c1-2-16-11(15)10(14)6-7-3-4-8(12)9(13)5-7/h3-5,10,14H,2,6H2,1H3. The average Bonchev–Trinajstić information content (AvgIpc) is 2.24. The van der Waals surface area contributed by atoms with Crippen molar-refractivity contribution in [3.63, 3.8) is 0 Å². The molecule has 1 aromatic carbocycles. The number of ether oxygens (including phenoxy) is 1. The Morgan fingerprint density at radius 3 is 2.69 bits per heavy atom. The third-order valence-corrected chi connectivity index (χ3v) is 2.71. The minimum Gasteiger partial charge on any atom is -0.464 e. The molecule has 0 heterocycles. The Hall–Kier alpha value is -0.770. The average molecular weight is 263 g/mol. The first-order valence-electron chi connectivity index (χ1n) is 4.83. The predicted molar refractivity (Wildman–Crippen MR) is 62.8 cm³/mol. The molecule has 0 saturated heterocycles. The van der Waals surface area contributed by atoms with Crippen LogP contribution in [0.2, 0.25) is 10.0 Å². The van der Waals surface area contributed by atoms with E-state index in [2.05, 4.69) is 4.74 Å². The molecule has 0 aromatic heterocycles. The maximum absolute atomic E-state index is 11.2. The summed E-state index contributed by atoms with van der Waals surface area (Å²) in [5, 5.41) is 10.4. The molecule has 1 N–H and O–H groups in total. The van der Waals surface area contributed by atoms with E-state index < -0.39 is 12.1 Å². The minimum absolute atomic E-state index is 0.162. The molecule has 16 heavy (non-hydrogen) atoms. The fourth-order valence-electron chi connectivity index (χ4n) is 1.21. The van der Waals surface area contributed by atoms with Crippen LogP contribution in [0.5, 0.6) is 0 Å². The van der Waals surface area contributed by atoms with Gasteiger partial charge in [-0.05, 0) is 24.6 Å². The van der Waals surface area contributed by atoms with E-state index in [0.29, 0.717) is 10.0 Å². The maximum Gasteiger partial charge on any atom is 0.335 e. The number of carbonyl (C=O) groups excluding carboxylic acids is 1. The number of hydrogen-bond donors (Lipinski definition) is 1. The van der Waals surface area contributed by atoms with Crippen molar-refractivity contribution in [2.45, 2.75) is 19.4 Å². The molecular formula is C11H12Cl2O3. The normalized spacial score (nSPS) is 12.2. The van der Waals surface area contributed by atoms with Gasteiger partial charge < -0.3 is 9.84 Å². The highest BCUT2D eigenvalue weighted by atomic mass is 35.5. The number of halogens is 2. The lowest BCUT2D eigenvalue weighted by atomic mass is 10.1. The summed E-state index contributed by atoms with van der Waals surface area (Å²) in [7, 11) is 0. The molecule has 1 unspecified atom stereocenters. The summed E-state index contributed by atoms with van der Waals surface area (Å²) in [6.45, 7) is 1.93. The molecule has 0 radical (unpaired) electrons. The summed E-state index contributed by atoms with van der Waals surface area (Å²) in [6, 6.07) is 4.94. The topological polar surface area (TPSA) is 46.5 Å². The highest BCUT2D eigenvalue weighted by Crippen LogP contribution is 2.23. The number of aliphatic hydroxyl groups is 1. The van der Waals surface area contributed by atoms with E-state index in [0.717, 1.165) is 5.56 Å². The molecule has 0 amide bonds. The molecule has 0 aliphatic carbocycles. The molecule has 3 nitrogen and oxygen atoms in total. The second-order valence-corrected chi connectivity index (χ2v) is 4.03. The van der Waals surface area contributed by atoms with Crippen LogP contribution in [0.25, 0.3) is 0 Å². The van der Waals surface area contributed by atoms with Crippen LogP contribution in [0, 0.1) is 0 Å². The van der Waals surface area contributed by atoms with Crippen molar-refractivity contribution in [3.05, 3.63) is 33.8 Å². The van der Waals surface area contributed by atoms with E-state index in [1.54, 1.807) is 25.1 Å². The molecule has 0 fully saturated rings. The summed E-state index contributed by atoms with van der Waals surface area (Å²) in [5.41, 5.74) is 0.731. The summed E-state index contributed by atoms with van der Waals surface area (Å²) < 4.78 is 4.68. The second kappa shape index (κ2) is 6.09. The van der Waals surface area contributed by atoms with Gasteiger partial charge in [-0.15, -0.1) is 0 Å². The Bertz CT molecular complexity index is 379. The number of carbonyl (C=O) groups is 1. The first-order chi connectivity index (χ1) is 7.54. The third kappa shape index (κ3) is 3.67. The van der Waals surface area contributed by atoms with E-state index in [9.17, 15) is 9.90 Å². The first-order valence-corrected chi connectivity index (χ1v) is 5.58. The van der Waals surface area contributed by atoms with Gasteiger partial charge >= 0.3 is 5.97 Å². The predicted octanol–water partition coefficient (Wildman–Crippen LogP) is 2.46. The molecular weight excluding hydrogens is 251 g/mol. The van der Waals surface area contributed by atoms with Crippen LogP contribution >= 0.6 is 23.2 Å². The van der Waals surface area contributed by atoms with Crippen LogP contribution in [0.4, 0.5) is 0 Å². The zero-order chi connectivity index (χ0) is 12.1. The lowest BCUT2D eigenvalue weighted by Gasteiger charge is -2.09. The molecule has 1 aromatic rings. The summed E-state index contributed by atoms with van der Waals surface area (Å²) in [6.07, 6.45) is -1.01. The van der Waals surface area contributed by atoms with Gasteiger partial charge in [-0.1, -0.05) is 29.3 Å². The highest BCUT2D eigenvalue weighted by molar-refractivity contribution is 6.42. The van der Waals surface area contributed by atoms with Crippen molar-refractivity contribution in [1.82, 2.24) is 0 Å². The maximum atomic E-state index is 11.2. The molecule has 1 atom stereocenters. The summed E-state index contributed by atoms with van der Waals surface area (Å²) >= 11 is 11.6. The highest BCUT2D eigenvalue weighted by Gasteiger charge is 2.16. The monoisotopic (exact) mass is 262 g/mol. The minimum atomic E-state index is -1.17. The quantitative estimate of drug-likeness (QED) is 0.849. The van der Waals surface area contributed by atoms with Crippen LogP contribution in [0.3, 0.4) is 0 Å². The van der Waals surface area contributed by atoms with Gasteiger partial charge in [0.05, 0.1) is 16.7 Å². The smallest absolute Gasteiger partial charge is 0.335 e. The Kier molecular flexibility index (Phi) is 5.06. The zero-order valence-electron chi connectivity index (χ0n) is 8.74. The lowest BCUT2D eigenvalue weighted by Crippen LogP contribution is -2.25.